The molecule has 0 radical (unpaired) electrons. The van der Waals surface area contributed by atoms with E-state index in [0.717, 1.165) is 6.42 Å². The van der Waals surface area contributed by atoms with Crippen LogP contribution in [-0.4, -0.2) is 42.1 Å². The number of hydrogen-bond acceptors (Lipinski definition) is 3. The van der Waals surface area contributed by atoms with Crippen molar-refractivity contribution in [3.63, 3.8) is 0 Å². The predicted molar refractivity (Wildman–Crippen MR) is 67.5 cm³/mol. The quantitative estimate of drug-likeness (QED) is 0.847. The first-order valence-corrected chi connectivity index (χ1v) is 6.13. The van der Waals surface area contributed by atoms with Crippen molar-refractivity contribution in [2.45, 2.75) is 19.4 Å². The van der Waals surface area contributed by atoms with Crippen molar-refractivity contribution in [2.75, 3.05) is 20.2 Å². The molecule has 18 heavy (non-hydrogen) atoms. The van der Waals surface area contributed by atoms with Crippen LogP contribution in [0.5, 0.6) is 0 Å². The smallest absolute Gasteiger partial charge is 0.270 e. The summed E-state index contributed by atoms with van der Waals surface area (Å²) in [5.41, 5.74) is 0.0847. The van der Waals surface area contributed by atoms with Gasteiger partial charge in [0.2, 0.25) is 5.56 Å². The summed E-state index contributed by atoms with van der Waals surface area (Å²) < 4.78 is 5.38. The van der Waals surface area contributed by atoms with E-state index in [1.807, 2.05) is 0 Å². The number of aromatic amines is 1. The highest BCUT2D eigenvalue weighted by Gasteiger charge is 2.29. The van der Waals surface area contributed by atoms with Gasteiger partial charge in [-0.3, -0.25) is 9.59 Å². The topological polar surface area (TPSA) is 62.4 Å². The van der Waals surface area contributed by atoms with Crippen LogP contribution in [0.3, 0.4) is 0 Å². The third-order valence-electron chi connectivity index (χ3n) is 3.48. The minimum atomic E-state index is -0.255. The molecule has 1 aromatic heterocycles. The maximum atomic E-state index is 12.2. The number of pyridine rings is 1. The van der Waals surface area contributed by atoms with Gasteiger partial charge in [-0.2, -0.15) is 0 Å². The summed E-state index contributed by atoms with van der Waals surface area (Å²) in [6.45, 7) is 3.41. The Labute approximate surface area is 106 Å². The summed E-state index contributed by atoms with van der Waals surface area (Å²) in [6.07, 6.45) is 0.986. The average Bonchev–Trinajstić information content (AvgIpc) is 2.38. The molecule has 1 aliphatic rings. The number of ether oxygens (including phenoxy) is 1. The summed E-state index contributed by atoms with van der Waals surface area (Å²) in [5, 5.41) is 0. The Morgan fingerprint density at radius 1 is 1.50 bits per heavy atom. The first-order chi connectivity index (χ1) is 8.61. The number of nitrogens with one attached hydrogen (secondary N) is 1. The number of amides is 1. The van der Waals surface area contributed by atoms with E-state index < -0.39 is 0 Å². The minimum Gasteiger partial charge on any atom is -0.379 e. The summed E-state index contributed by atoms with van der Waals surface area (Å²) in [4.78, 5) is 27.7. The van der Waals surface area contributed by atoms with Crippen LogP contribution in [0.15, 0.2) is 23.0 Å². The first kappa shape index (κ1) is 12.8. The molecule has 1 N–H and O–H groups in total. The number of aromatic nitrogens is 1. The molecule has 0 saturated carbocycles. The third-order valence-corrected chi connectivity index (χ3v) is 3.48. The number of methoxy groups -OCH3 is 1. The Bertz CT molecular complexity index is 483. The zero-order valence-corrected chi connectivity index (χ0v) is 10.7. The number of carbonyl (C=O) groups excluding carboxylic acids is 1. The average molecular weight is 250 g/mol. The van der Waals surface area contributed by atoms with Gasteiger partial charge in [0.05, 0.1) is 6.10 Å². The molecular weight excluding hydrogens is 232 g/mol. The lowest BCUT2D eigenvalue weighted by Crippen LogP contribution is -2.47. The second kappa shape index (κ2) is 5.35. The van der Waals surface area contributed by atoms with Gasteiger partial charge >= 0.3 is 0 Å². The first-order valence-electron chi connectivity index (χ1n) is 6.13. The lowest BCUT2D eigenvalue weighted by Gasteiger charge is -2.36. The van der Waals surface area contributed by atoms with E-state index in [-0.39, 0.29) is 17.6 Å². The number of carbonyl (C=O) groups is 1. The van der Waals surface area contributed by atoms with Crippen LogP contribution in [0.4, 0.5) is 0 Å². The van der Waals surface area contributed by atoms with Gasteiger partial charge in [0, 0.05) is 26.3 Å². The Morgan fingerprint density at radius 3 is 2.94 bits per heavy atom. The van der Waals surface area contributed by atoms with E-state index in [2.05, 4.69) is 11.9 Å². The molecule has 2 rings (SSSR count). The highest BCUT2D eigenvalue weighted by Crippen LogP contribution is 2.20. The van der Waals surface area contributed by atoms with Gasteiger partial charge in [-0.05, 0) is 18.4 Å². The van der Waals surface area contributed by atoms with Crippen molar-refractivity contribution in [1.29, 1.82) is 0 Å². The number of likely N-dealkylation sites (tertiary alicyclic amines) is 1. The monoisotopic (exact) mass is 250 g/mol. The molecule has 98 valence electrons. The van der Waals surface area contributed by atoms with Crippen molar-refractivity contribution < 1.29 is 9.53 Å². The number of nitrogens with zero attached hydrogens (tertiary/aromatic N) is 1. The largest absolute Gasteiger partial charge is 0.379 e. The molecule has 1 aromatic rings. The van der Waals surface area contributed by atoms with E-state index in [1.54, 1.807) is 24.1 Å². The second-order valence-electron chi connectivity index (χ2n) is 4.72. The van der Waals surface area contributed by atoms with Crippen LogP contribution >= 0.6 is 0 Å². The SMILES string of the molecule is COC1CN(C(=O)c2cccc(=O)[nH]2)CCC1C. The molecular formula is C13H18N2O3. The molecule has 1 saturated heterocycles. The Morgan fingerprint density at radius 2 is 2.28 bits per heavy atom. The van der Waals surface area contributed by atoms with Crippen molar-refractivity contribution in [3.8, 4) is 0 Å². The third kappa shape index (κ3) is 2.61. The van der Waals surface area contributed by atoms with Crippen molar-refractivity contribution in [3.05, 3.63) is 34.2 Å². The summed E-state index contributed by atoms with van der Waals surface area (Å²) >= 11 is 0. The van der Waals surface area contributed by atoms with Crippen LogP contribution in [0.1, 0.15) is 23.8 Å². The van der Waals surface area contributed by atoms with Gasteiger partial charge in [-0.1, -0.05) is 13.0 Å². The van der Waals surface area contributed by atoms with Gasteiger partial charge in [-0.15, -0.1) is 0 Å². The van der Waals surface area contributed by atoms with E-state index in [9.17, 15) is 9.59 Å². The zero-order valence-electron chi connectivity index (χ0n) is 10.7. The standard InChI is InChI=1S/C13H18N2O3/c1-9-6-7-15(8-11(9)18-2)13(17)10-4-3-5-12(16)14-10/h3-5,9,11H,6-8H2,1-2H3,(H,14,16). The second-order valence-corrected chi connectivity index (χ2v) is 4.72. The van der Waals surface area contributed by atoms with E-state index in [1.165, 1.54) is 6.07 Å². The lowest BCUT2D eigenvalue weighted by molar-refractivity contribution is -0.00178. The number of H-pyrrole nitrogens is 1. The molecule has 5 heteroatoms. The molecule has 1 fully saturated rings. The number of rotatable bonds is 2. The fourth-order valence-electron chi connectivity index (χ4n) is 2.27. The molecule has 2 heterocycles. The highest BCUT2D eigenvalue weighted by molar-refractivity contribution is 5.92. The van der Waals surface area contributed by atoms with Crippen LogP contribution in [-0.2, 0) is 4.74 Å². The van der Waals surface area contributed by atoms with Gasteiger partial charge in [0.15, 0.2) is 0 Å². The van der Waals surface area contributed by atoms with Crippen LogP contribution in [0.25, 0.3) is 0 Å². The zero-order chi connectivity index (χ0) is 13.1. The van der Waals surface area contributed by atoms with Gasteiger partial charge in [0.25, 0.3) is 5.91 Å². The van der Waals surface area contributed by atoms with Crippen molar-refractivity contribution >= 4 is 5.91 Å². The highest BCUT2D eigenvalue weighted by atomic mass is 16.5. The molecule has 0 aliphatic carbocycles. The van der Waals surface area contributed by atoms with Crippen LogP contribution in [0, 0.1) is 5.92 Å². The number of piperidine rings is 1. The molecule has 2 atom stereocenters. The maximum Gasteiger partial charge on any atom is 0.270 e. The Kier molecular flexibility index (Phi) is 3.81. The van der Waals surface area contributed by atoms with E-state index >= 15 is 0 Å². The van der Waals surface area contributed by atoms with Crippen molar-refractivity contribution in [2.24, 2.45) is 5.92 Å². The summed E-state index contributed by atoms with van der Waals surface area (Å²) in [5.74, 6) is 0.315. The summed E-state index contributed by atoms with van der Waals surface area (Å²) in [7, 11) is 1.67. The molecule has 0 spiro atoms. The predicted octanol–water partition coefficient (Wildman–Crippen LogP) is 0.872. The number of hydrogen-bond donors (Lipinski definition) is 1. The molecule has 1 amide bonds. The molecule has 0 aromatic carbocycles. The molecule has 5 nitrogen and oxygen atoms in total. The van der Waals surface area contributed by atoms with Crippen LogP contribution in [0.2, 0.25) is 0 Å². The van der Waals surface area contributed by atoms with Crippen LogP contribution < -0.4 is 5.56 Å². The van der Waals surface area contributed by atoms with Gasteiger partial charge in [-0.25, -0.2) is 0 Å². The van der Waals surface area contributed by atoms with E-state index in [0.29, 0.717) is 24.7 Å². The molecule has 0 bridgehead atoms. The fraction of sp³-hybridized carbons (Fsp3) is 0.538. The maximum absolute atomic E-state index is 12.2. The summed E-state index contributed by atoms with van der Waals surface area (Å²) in [6, 6.07) is 4.61. The minimum absolute atomic E-state index is 0.0677. The van der Waals surface area contributed by atoms with Gasteiger partial charge < -0.3 is 14.6 Å². The Hall–Kier alpha value is -1.62. The fourth-order valence-corrected chi connectivity index (χ4v) is 2.27. The lowest BCUT2D eigenvalue weighted by atomic mass is 9.95. The van der Waals surface area contributed by atoms with Gasteiger partial charge in [0.1, 0.15) is 5.69 Å². The van der Waals surface area contributed by atoms with E-state index in [4.69, 9.17) is 4.74 Å². The normalized spacial score (nSPS) is 24.0. The Balaban J connectivity index is 2.12. The molecule has 2 unspecified atom stereocenters. The van der Waals surface area contributed by atoms with Crippen molar-refractivity contribution in [1.82, 2.24) is 9.88 Å². The molecule has 1 aliphatic heterocycles.